The molecule has 35 heavy (non-hydrogen) atoms. The van der Waals surface area contributed by atoms with Crippen LogP contribution in [0.3, 0.4) is 0 Å². The maximum atomic E-state index is 13.3. The Balaban J connectivity index is 1.37. The summed E-state index contributed by atoms with van der Waals surface area (Å²) in [5, 5.41) is 6.82. The molecule has 1 saturated carbocycles. The minimum atomic E-state index is -4.55. The molecule has 0 bridgehead atoms. The SMILES string of the molecule is O=C1Nc2c(Cl)cc3cc(C(=O)N4CCn5cc(C(F)(F)F)nc5C4)oc3c2C2(CCCCC2)N1. The highest BCUT2D eigenvalue weighted by Gasteiger charge is 2.44. The number of carbonyl (C=O) groups excluding carboxylic acids is 2. The van der Waals surface area contributed by atoms with Gasteiger partial charge in [0.05, 0.1) is 22.8 Å². The number of rotatable bonds is 1. The van der Waals surface area contributed by atoms with Crippen molar-refractivity contribution in [2.24, 2.45) is 0 Å². The van der Waals surface area contributed by atoms with Crippen LogP contribution in [0.25, 0.3) is 11.0 Å². The lowest BCUT2D eigenvalue weighted by atomic mass is 9.74. The Kier molecular flexibility index (Phi) is 4.86. The number of carbonyl (C=O) groups is 2. The van der Waals surface area contributed by atoms with Crippen LogP contribution in [0.2, 0.25) is 5.02 Å². The molecule has 3 aliphatic rings. The number of imidazole rings is 1. The summed E-state index contributed by atoms with van der Waals surface area (Å²) < 4.78 is 46.7. The number of urea groups is 1. The average molecular weight is 508 g/mol. The van der Waals surface area contributed by atoms with Gasteiger partial charge < -0.3 is 24.5 Å². The molecule has 0 atom stereocenters. The summed E-state index contributed by atoms with van der Waals surface area (Å²) in [7, 11) is 0. The van der Waals surface area contributed by atoms with E-state index in [-0.39, 0.29) is 37.3 Å². The molecule has 1 aliphatic carbocycles. The number of benzene rings is 1. The first-order valence-electron chi connectivity index (χ1n) is 11.4. The van der Waals surface area contributed by atoms with Crippen LogP contribution in [0, 0.1) is 0 Å². The Morgan fingerprint density at radius 2 is 1.94 bits per heavy atom. The third-order valence-corrected chi connectivity index (χ3v) is 7.42. The van der Waals surface area contributed by atoms with Crippen molar-refractivity contribution in [3.63, 3.8) is 0 Å². The van der Waals surface area contributed by atoms with Crippen LogP contribution >= 0.6 is 11.6 Å². The van der Waals surface area contributed by atoms with Gasteiger partial charge in [0.2, 0.25) is 0 Å². The molecule has 12 heteroatoms. The Morgan fingerprint density at radius 1 is 1.17 bits per heavy atom. The van der Waals surface area contributed by atoms with Gasteiger partial charge in [-0.1, -0.05) is 30.9 Å². The van der Waals surface area contributed by atoms with E-state index in [4.69, 9.17) is 16.0 Å². The molecule has 184 valence electrons. The molecule has 4 heterocycles. The van der Waals surface area contributed by atoms with E-state index in [0.29, 0.717) is 21.7 Å². The molecule has 0 unspecified atom stereocenters. The maximum Gasteiger partial charge on any atom is 0.434 e. The number of hydrogen-bond acceptors (Lipinski definition) is 4. The fraction of sp³-hybridized carbons (Fsp3) is 0.435. The van der Waals surface area contributed by atoms with Crippen LogP contribution < -0.4 is 10.6 Å². The van der Waals surface area contributed by atoms with Gasteiger partial charge in [-0.2, -0.15) is 13.2 Å². The molecule has 2 N–H and O–H groups in total. The van der Waals surface area contributed by atoms with E-state index in [2.05, 4.69) is 15.6 Å². The molecule has 3 amide bonds. The van der Waals surface area contributed by atoms with Crippen molar-refractivity contribution in [3.8, 4) is 0 Å². The highest BCUT2D eigenvalue weighted by Crippen LogP contribution is 2.49. The quantitative estimate of drug-likeness (QED) is 0.470. The number of aromatic nitrogens is 2. The zero-order chi connectivity index (χ0) is 24.5. The normalized spacial score (nSPS) is 19.3. The van der Waals surface area contributed by atoms with E-state index >= 15 is 0 Å². The van der Waals surface area contributed by atoms with E-state index < -0.39 is 23.3 Å². The van der Waals surface area contributed by atoms with E-state index in [1.54, 1.807) is 12.1 Å². The fourth-order valence-corrected chi connectivity index (χ4v) is 5.77. The first-order chi connectivity index (χ1) is 16.6. The third-order valence-electron chi connectivity index (χ3n) is 7.13. The van der Waals surface area contributed by atoms with Crippen LogP contribution in [0.1, 0.15) is 59.7 Å². The lowest BCUT2D eigenvalue weighted by Crippen LogP contribution is -2.52. The predicted molar refractivity (Wildman–Crippen MR) is 120 cm³/mol. The summed E-state index contributed by atoms with van der Waals surface area (Å²) in [6.45, 7) is 0.355. The van der Waals surface area contributed by atoms with E-state index in [0.717, 1.165) is 43.9 Å². The number of hydrogen-bond donors (Lipinski definition) is 2. The number of nitrogens with one attached hydrogen (secondary N) is 2. The van der Waals surface area contributed by atoms with E-state index in [1.165, 1.54) is 9.47 Å². The first kappa shape index (κ1) is 22.3. The summed E-state index contributed by atoms with van der Waals surface area (Å²) in [5.74, 6) is -0.218. The molecular weight excluding hydrogens is 487 g/mol. The van der Waals surface area contributed by atoms with Crippen molar-refractivity contribution in [3.05, 3.63) is 46.2 Å². The first-order valence-corrected chi connectivity index (χ1v) is 11.8. The molecule has 8 nitrogen and oxygen atoms in total. The van der Waals surface area contributed by atoms with Crippen molar-refractivity contribution in [2.45, 2.75) is 56.9 Å². The Hall–Kier alpha value is -3.21. The lowest BCUT2D eigenvalue weighted by Gasteiger charge is -2.42. The van der Waals surface area contributed by atoms with Crippen molar-refractivity contribution < 1.29 is 27.2 Å². The van der Waals surface area contributed by atoms with Crippen LogP contribution in [0.4, 0.5) is 23.7 Å². The number of anilines is 1. The molecule has 6 rings (SSSR count). The lowest BCUT2D eigenvalue weighted by molar-refractivity contribution is -0.141. The summed E-state index contributed by atoms with van der Waals surface area (Å²) in [4.78, 5) is 30.8. The van der Waals surface area contributed by atoms with Crippen LogP contribution in [-0.2, 0) is 24.8 Å². The molecule has 2 aliphatic heterocycles. The second-order valence-electron chi connectivity index (χ2n) is 9.32. The van der Waals surface area contributed by atoms with Gasteiger partial charge in [0.15, 0.2) is 11.5 Å². The molecule has 1 fully saturated rings. The van der Waals surface area contributed by atoms with Gasteiger partial charge in [-0.3, -0.25) is 4.79 Å². The fourth-order valence-electron chi connectivity index (χ4n) is 5.51. The van der Waals surface area contributed by atoms with Gasteiger partial charge >= 0.3 is 12.2 Å². The molecule has 1 spiro atoms. The molecule has 0 radical (unpaired) electrons. The largest absolute Gasteiger partial charge is 0.450 e. The molecule has 3 aromatic rings. The minimum absolute atomic E-state index is 0.0587. The van der Waals surface area contributed by atoms with Crippen LogP contribution in [0.15, 0.2) is 22.7 Å². The van der Waals surface area contributed by atoms with E-state index in [1.807, 2.05) is 0 Å². The number of fused-ring (bicyclic) bond motifs is 5. The Labute approximate surface area is 202 Å². The summed E-state index contributed by atoms with van der Waals surface area (Å²) in [6.07, 6.45) is 0.798. The molecular formula is C23H21ClF3N5O3. The monoisotopic (exact) mass is 507 g/mol. The van der Waals surface area contributed by atoms with Crippen molar-refractivity contribution in [1.82, 2.24) is 19.8 Å². The summed E-state index contributed by atoms with van der Waals surface area (Å²) in [6, 6.07) is 2.92. The van der Waals surface area contributed by atoms with Gasteiger partial charge in [-0.25, -0.2) is 9.78 Å². The van der Waals surface area contributed by atoms with Crippen molar-refractivity contribution in [1.29, 1.82) is 0 Å². The number of nitrogens with zero attached hydrogens (tertiary/aromatic N) is 3. The number of amides is 3. The molecule has 1 aromatic carbocycles. The van der Waals surface area contributed by atoms with Gasteiger partial charge in [0.1, 0.15) is 11.4 Å². The minimum Gasteiger partial charge on any atom is -0.450 e. The molecule has 0 saturated heterocycles. The second kappa shape index (κ2) is 7.64. The van der Waals surface area contributed by atoms with Crippen LogP contribution in [-0.4, -0.2) is 32.9 Å². The highest BCUT2D eigenvalue weighted by molar-refractivity contribution is 6.35. The van der Waals surface area contributed by atoms with Crippen LogP contribution in [0.5, 0.6) is 0 Å². The zero-order valence-electron chi connectivity index (χ0n) is 18.5. The number of halogens is 4. The Morgan fingerprint density at radius 3 is 2.69 bits per heavy atom. The topological polar surface area (TPSA) is 92.4 Å². The third kappa shape index (κ3) is 3.55. The predicted octanol–water partition coefficient (Wildman–Crippen LogP) is 5.25. The summed E-state index contributed by atoms with van der Waals surface area (Å²) in [5.41, 5.74) is 0.0838. The van der Waals surface area contributed by atoms with Gasteiger partial charge in [0, 0.05) is 30.2 Å². The van der Waals surface area contributed by atoms with E-state index in [9.17, 15) is 22.8 Å². The van der Waals surface area contributed by atoms with Gasteiger partial charge in [-0.15, -0.1) is 0 Å². The zero-order valence-corrected chi connectivity index (χ0v) is 19.2. The average Bonchev–Trinajstić information content (AvgIpc) is 3.43. The summed E-state index contributed by atoms with van der Waals surface area (Å²) >= 11 is 6.54. The Bertz CT molecular complexity index is 1370. The smallest absolute Gasteiger partial charge is 0.434 e. The standard InChI is InChI=1S/C23H21ClF3N5O3/c24-13-8-12-9-14(20(33)32-7-6-31-10-15(23(25,26)27)28-16(31)11-32)35-19(12)17-18(13)29-21(34)30-22(17)4-2-1-3-5-22/h8-10H,1-7,11H2,(H2,29,30,34). The second-order valence-corrected chi connectivity index (χ2v) is 9.73. The number of alkyl halides is 3. The van der Waals surface area contributed by atoms with Gasteiger partial charge in [-0.05, 0) is 25.0 Å². The van der Waals surface area contributed by atoms with Gasteiger partial charge in [0.25, 0.3) is 5.91 Å². The number of furan rings is 1. The molecule has 2 aromatic heterocycles. The van der Waals surface area contributed by atoms with Crippen molar-refractivity contribution in [2.75, 3.05) is 11.9 Å². The van der Waals surface area contributed by atoms with Crippen molar-refractivity contribution >= 4 is 40.2 Å². The highest BCUT2D eigenvalue weighted by atomic mass is 35.5. The maximum absolute atomic E-state index is 13.3.